The highest BCUT2D eigenvalue weighted by Crippen LogP contribution is 2.33. The molecular formula is C25H25N3O. The van der Waals surface area contributed by atoms with Crippen molar-refractivity contribution in [3.63, 3.8) is 0 Å². The SMILES string of the molecule is N#Cc1ccc2c3c(n(C(N)=O)c2c1)CCC(C/C=C/c1ccccc1)CCC3. The summed E-state index contributed by atoms with van der Waals surface area (Å²) in [6.07, 6.45) is 10.6. The molecule has 3 aromatic rings. The van der Waals surface area contributed by atoms with Crippen molar-refractivity contribution in [3.8, 4) is 6.07 Å². The van der Waals surface area contributed by atoms with Crippen molar-refractivity contribution in [2.45, 2.75) is 38.5 Å². The van der Waals surface area contributed by atoms with E-state index in [9.17, 15) is 10.1 Å². The molecule has 0 bridgehead atoms. The lowest BCUT2D eigenvalue weighted by molar-refractivity contribution is 0.250. The molecule has 4 heteroatoms. The second-order valence-corrected chi connectivity index (χ2v) is 7.79. The third-order valence-electron chi connectivity index (χ3n) is 5.94. The monoisotopic (exact) mass is 383 g/mol. The van der Waals surface area contributed by atoms with E-state index in [1.807, 2.05) is 18.2 Å². The Hall–Kier alpha value is -3.32. The molecule has 4 rings (SSSR count). The van der Waals surface area contributed by atoms with Gasteiger partial charge >= 0.3 is 6.03 Å². The van der Waals surface area contributed by atoms with Gasteiger partial charge in [0.25, 0.3) is 0 Å². The summed E-state index contributed by atoms with van der Waals surface area (Å²) in [4.78, 5) is 12.2. The van der Waals surface area contributed by atoms with E-state index in [1.54, 1.807) is 10.6 Å². The van der Waals surface area contributed by atoms with Gasteiger partial charge in [0.2, 0.25) is 0 Å². The highest BCUT2D eigenvalue weighted by atomic mass is 16.2. The van der Waals surface area contributed by atoms with Crippen LogP contribution < -0.4 is 5.73 Å². The van der Waals surface area contributed by atoms with Gasteiger partial charge in [0.1, 0.15) is 0 Å². The van der Waals surface area contributed by atoms with Gasteiger partial charge in [-0.25, -0.2) is 4.79 Å². The molecule has 1 heterocycles. The van der Waals surface area contributed by atoms with Gasteiger partial charge in [-0.15, -0.1) is 0 Å². The number of aryl methyl sites for hydroxylation is 1. The predicted molar refractivity (Wildman–Crippen MR) is 116 cm³/mol. The van der Waals surface area contributed by atoms with E-state index < -0.39 is 6.03 Å². The van der Waals surface area contributed by atoms with E-state index in [0.717, 1.165) is 48.7 Å². The molecule has 0 spiro atoms. The number of carbonyl (C=O) groups excluding carboxylic acids is 1. The van der Waals surface area contributed by atoms with E-state index >= 15 is 0 Å². The maximum absolute atomic E-state index is 12.2. The number of hydrogen-bond donors (Lipinski definition) is 1. The smallest absolute Gasteiger partial charge is 0.323 e. The predicted octanol–water partition coefficient (Wildman–Crippen LogP) is 5.43. The lowest BCUT2D eigenvalue weighted by Gasteiger charge is -2.20. The van der Waals surface area contributed by atoms with Crippen molar-refractivity contribution in [2.24, 2.45) is 11.7 Å². The number of rotatable bonds is 3. The fourth-order valence-corrected chi connectivity index (χ4v) is 4.52. The zero-order valence-corrected chi connectivity index (χ0v) is 16.5. The number of amides is 1. The van der Waals surface area contributed by atoms with Crippen LogP contribution in [0.4, 0.5) is 4.79 Å². The number of nitrogens with two attached hydrogens (primary N) is 1. The van der Waals surface area contributed by atoms with Crippen LogP contribution in [-0.4, -0.2) is 10.6 Å². The molecule has 2 aromatic carbocycles. The molecule has 1 aromatic heterocycles. The van der Waals surface area contributed by atoms with Crippen LogP contribution in [0.2, 0.25) is 0 Å². The first-order valence-corrected chi connectivity index (χ1v) is 10.2. The number of nitriles is 1. The first-order valence-electron chi connectivity index (χ1n) is 10.2. The van der Waals surface area contributed by atoms with Gasteiger partial charge in [-0.1, -0.05) is 48.6 Å². The van der Waals surface area contributed by atoms with Gasteiger partial charge in [-0.2, -0.15) is 5.26 Å². The molecule has 1 unspecified atom stereocenters. The molecule has 0 saturated heterocycles. The van der Waals surface area contributed by atoms with Gasteiger partial charge in [-0.3, -0.25) is 4.57 Å². The van der Waals surface area contributed by atoms with Gasteiger partial charge < -0.3 is 5.73 Å². The fourth-order valence-electron chi connectivity index (χ4n) is 4.52. The maximum atomic E-state index is 12.2. The van der Waals surface area contributed by atoms with Crippen molar-refractivity contribution in [3.05, 3.63) is 77.0 Å². The molecule has 0 fully saturated rings. The van der Waals surface area contributed by atoms with Crippen molar-refractivity contribution < 1.29 is 4.79 Å². The number of allylic oxidation sites excluding steroid dienone is 1. The number of benzene rings is 2. The summed E-state index contributed by atoms with van der Waals surface area (Å²) in [5, 5.41) is 10.3. The molecule has 1 amide bonds. The van der Waals surface area contributed by atoms with Crippen molar-refractivity contribution in [1.29, 1.82) is 5.26 Å². The van der Waals surface area contributed by atoms with E-state index in [-0.39, 0.29) is 0 Å². The third-order valence-corrected chi connectivity index (χ3v) is 5.94. The third kappa shape index (κ3) is 3.95. The second kappa shape index (κ2) is 8.36. The summed E-state index contributed by atoms with van der Waals surface area (Å²) in [5.74, 6) is 0.595. The summed E-state index contributed by atoms with van der Waals surface area (Å²) in [6, 6.07) is 17.6. The molecule has 1 aliphatic rings. The minimum atomic E-state index is -0.465. The van der Waals surface area contributed by atoms with Crippen LogP contribution >= 0.6 is 0 Å². The van der Waals surface area contributed by atoms with Gasteiger partial charge in [-0.05, 0) is 67.7 Å². The molecular weight excluding hydrogens is 358 g/mol. The van der Waals surface area contributed by atoms with E-state index in [1.165, 1.54) is 17.5 Å². The largest absolute Gasteiger partial charge is 0.351 e. The first kappa shape index (κ1) is 19.0. The van der Waals surface area contributed by atoms with Gasteiger partial charge in [0, 0.05) is 11.1 Å². The van der Waals surface area contributed by atoms with Crippen LogP contribution in [0, 0.1) is 17.2 Å². The summed E-state index contributed by atoms with van der Waals surface area (Å²) in [6.45, 7) is 0. The quantitative estimate of drug-likeness (QED) is 0.655. The Morgan fingerprint density at radius 1 is 1.17 bits per heavy atom. The lowest BCUT2D eigenvalue weighted by Crippen LogP contribution is -2.23. The summed E-state index contributed by atoms with van der Waals surface area (Å²) in [5.41, 5.74) is 10.5. The Balaban J connectivity index is 1.58. The van der Waals surface area contributed by atoms with E-state index in [2.05, 4.69) is 42.5 Å². The lowest BCUT2D eigenvalue weighted by atomic mass is 9.87. The molecule has 0 saturated carbocycles. The standard InChI is InChI=1S/C25H25N3O/c26-17-20-12-14-22-21-11-5-10-19(9-4-8-18-6-2-1-3-7-18)13-15-23(21)28(25(27)29)24(22)16-20/h1-4,6-8,12,14,16,19H,5,9-11,13,15H2,(H2,27,29)/b8-4+. The highest BCUT2D eigenvalue weighted by Gasteiger charge is 2.23. The summed E-state index contributed by atoms with van der Waals surface area (Å²) in [7, 11) is 0. The minimum absolute atomic E-state index is 0.465. The molecule has 4 nitrogen and oxygen atoms in total. The number of carbonyl (C=O) groups is 1. The number of hydrogen-bond acceptors (Lipinski definition) is 2. The minimum Gasteiger partial charge on any atom is -0.351 e. The molecule has 1 aliphatic carbocycles. The first-order chi connectivity index (χ1) is 14.2. The Kier molecular flexibility index (Phi) is 5.48. The second-order valence-electron chi connectivity index (χ2n) is 7.79. The molecule has 0 aliphatic heterocycles. The Labute approximate surface area is 171 Å². The average Bonchev–Trinajstić information content (AvgIpc) is 3.02. The van der Waals surface area contributed by atoms with Crippen LogP contribution in [0.25, 0.3) is 17.0 Å². The van der Waals surface area contributed by atoms with E-state index in [0.29, 0.717) is 11.5 Å². The van der Waals surface area contributed by atoms with Crippen LogP contribution in [0.5, 0.6) is 0 Å². The Bertz CT molecular complexity index is 1100. The molecule has 146 valence electrons. The van der Waals surface area contributed by atoms with Crippen LogP contribution in [0.3, 0.4) is 0 Å². The topological polar surface area (TPSA) is 71.8 Å². The number of fused-ring (bicyclic) bond motifs is 3. The Morgan fingerprint density at radius 3 is 2.76 bits per heavy atom. The van der Waals surface area contributed by atoms with Crippen LogP contribution in [0.15, 0.2) is 54.6 Å². The van der Waals surface area contributed by atoms with Gasteiger partial charge in [0.05, 0.1) is 17.1 Å². The molecule has 29 heavy (non-hydrogen) atoms. The Morgan fingerprint density at radius 2 is 2.00 bits per heavy atom. The van der Waals surface area contributed by atoms with Crippen LogP contribution in [0.1, 0.15) is 48.1 Å². The number of aromatic nitrogens is 1. The molecule has 2 N–H and O–H groups in total. The van der Waals surface area contributed by atoms with Crippen molar-refractivity contribution in [1.82, 2.24) is 4.57 Å². The normalized spacial score (nSPS) is 16.9. The van der Waals surface area contributed by atoms with Crippen molar-refractivity contribution >= 4 is 23.0 Å². The zero-order valence-electron chi connectivity index (χ0n) is 16.5. The zero-order chi connectivity index (χ0) is 20.2. The van der Waals surface area contributed by atoms with Gasteiger partial charge in [0.15, 0.2) is 0 Å². The molecule has 1 atom stereocenters. The van der Waals surface area contributed by atoms with Crippen molar-refractivity contribution in [2.75, 3.05) is 0 Å². The maximum Gasteiger partial charge on any atom is 0.323 e. The average molecular weight is 383 g/mol. The fraction of sp³-hybridized carbons (Fsp3) is 0.280. The number of nitrogens with zero attached hydrogens (tertiary/aromatic N) is 2. The summed E-state index contributed by atoms with van der Waals surface area (Å²) >= 11 is 0. The summed E-state index contributed by atoms with van der Waals surface area (Å²) < 4.78 is 1.63. The highest BCUT2D eigenvalue weighted by molar-refractivity contribution is 5.95. The molecule has 0 radical (unpaired) electrons. The van der Waals surface area contributed by atoms with E-state index in [4.69, 9.17) is 5.73 Å². The van der Waals surface area contributed by atoms with Crippen LogP contribution in [-0.2, 0) is 12.8 Å². The number of primary amides is 1.